The molecule has 0 unspecified atom stereocenters. The summed E-state index contributed by atoms with van der Waals surface area (Å²) in [5.74, 6) is -0.127. The van der Waals surface area contributed by atoms with Crippen molar-refractivity contribution in [1.29, 1.82) is 0 Å². The standard InChI is InChI=1S/C24H28N4O2/c1-17-6-4-8-20(16-17)28-23(29)11-10-21(25-28)24(30)27-14-12-26(13-15-27)22-9-5-7-18(2)19(22)3/h4-9,16H,10-15H2,1-3H3. The van der Waals surface area contributed by atoms with Gasteiger partial charge in [-0.15, -0.1) is 0 Å². The van der Waals surface area contributed by atoms with E-state index in [1.54, 1.807) is 0 Å². The van der Waals surface area contributed by atoms with Crippen LogP contribution < -0.4 is 9.91 Å². The normalized spacial score (nSPS) is 17.2. The van der Waals surface area contributed by atoms with Gasteiger partial charge in [0.1, 0.15) is 5.71 Å². The third-order valence-corrected chi connectivity index (χ3v) is 6.01. The van der Waals surface area contributed by atoms with Crippen molar-refractivity contribution < 1.29 is 9.59 Å². The fraction of sp³-hybridized carbons (Fsp3) is 0.375. The molecule has 0 bridgehead atoms. The number of aryl methyl sites for hydroxylation is 2. The number of hydrogen-bond donors (Lipinski definition) is 0. The largest absolute Gasteiger partial charge is 0.368 e. The molecule has 2 aromatic rings. The van der Waals surface area contributed by atoms with Gasteiger partial charge in [0.2, 0.25) is 5.91 Å². The highest BCUT2D eigenvalue weighted by molar-refractivity contribution is 6.40. The summed E-state index contributed by atoms with van der Waals surface area (Å²) in [7, 11) is 0. The minimum atomic E-state index is -0.0723. The molecule has 0 N–H and O–H groups in total. The van der Waals surface area contributed by atoms with Crippen molar-refractivity contribution in [3.05, 3.63) is 59.2 Å². The third kappa shape index (κ3) is 3.95. The first-order chi connectivity index (χ1) is 14.4. The Kier molecular flexibility index (Phi) is 5.57. The molecule has 6 nitrogen and oxygen atoms in total. The van der Waals surface area contributed by atoms with Crippen LogP contribution in [-0.4, -0.2) is 48.6 Å². The van der Waals surface area contributed by atoms with Crippen molar-refractivity contribution in [2.45, 2.75) is 33.6 Å². The van der Waals surface area contributed by atoms with Gasteiger partial charge in [0.05, 0.1) is 5.69 Å². The van der Waals surface area contributed by atoms with Gasteiger partial charge in [0.15, 0.2) is 0 Å². The molecule has 0 atom stereocenters. The predicted molar refractivity (Wildman–Crippen MR) is 120 cm³/mol. The van der Waals surface area contributed by atoms with E-state index in [1.165, 1.54) is 21.8 Å². The summed E-state index contributed by atoms with van der Waals surface area (Å²) in [6.07, 6.45) is 0.706. The van der Waals surface area contributed by atoms with E-state index in [1.807, 2.05) is 36.1 Å². The van der Waals surface area contributed by atoms with Crippen molar-refractivity contribution in [3.8, 4) is 0 Å². The lowest BCUT2D eigenvalue weighted by Crippen LogP contribution is -2.51. The highest BCUT2D eigenvalue weighted by Gasteiger charge is 2.30. The maximum atomic E-state index is 13.1. The zero-order valence-electron chi connectivity index (χ0n) is 17.9. The fourth-order valence-corrected chi connectivity index (χ4v) is 4.08. The Morgan fingerprint density at radius 3 is 2.40 bits per heavy atom. The zero-order chi connectivity index (χ0) is 21.3. The lowest BCUT2D eigenvalue weighted by molar-refractivity contribution is -0.124. The SMILES string of the molecule is Cc1cccc(N2N=C(C(=O)N3CCN(c4cccc(C)c4C)CC3)CCC2=O)c1. The molecule has 2 heterocycles. The van der Waals surface area contributed by atoms with Crippen LogP contribution in [0.2, 0.25) is 0 Å². The number of rotatable bonds is 3. The number of carbonyl (C=O) groups excluding carboxylic acids is 2. The molecule has 1 saturated heterocycles. The van der Waals surface area contributed by atoms with Crippen molar-refractivity contribution in [1.82, 2.24) is 4.90 Å². The molecule has 0 aliphatic carbocycles. The number of hydrogen-bond acceptors (Lipinski definition) is 4. The first-order valence-electron chi connectivity index (χ1n) is 10.5. The van der Waals surface area contributed by atoms with E-state index in [0.717, 1.165) is 18.7 Å². The van der Waals surface area contributed by atoms with E-state index >= 15 is 0 Å². The van der Waals surface area contributed by atoms with Crippen LogP contribution in [-0.2, 0) is 9.59 Å². The van der Waals surface area contributed by atoms with Crippen LogP contribution in [0.1, 0.15) is 29.5 Å². The Balaban J connectivity index is 1.46. The van der Waals surface area contributed by atoms with Gasteiger partial charge < -0.3 is 9.80 Å². The second-order valence-corrected chi connectivity index (χ2v) is 8.09. The number of amides is 2. The quantitative estimate of drug-likeness (QED) is 0.787. The van der Waals surface area contributed by atoms with Crippen LogP contribution in [0.4, 0.5) is 11.4 Å². The number of benzene rings is 2. The van der Waals surface area contributed by atoms with Gasteiger partial charge in [0.25, 0.3) is 5.91 Å². The van der Waals surface area contributed by atoms with Crippen LogP contribution in [0.15, 0.2) is 47.6 Å². The molecule has 156 valence electrons. The second kappa shape index (κ2) is 8.30. The number of carbonyl (C=O) groups is 2. The lowest BCUT2D eigenvalue weighted by atomic mass is 10.1. The molecule has 1 fully saturated rings. The van der Waals surface area contributed by atoms with Crippen LogP contribution in [0.3, 0.4) is 0 Å². The lowest BCUT2D eigenvalue weighted by Gasteiger charge is -2.37. The summed E-state index contributed by atoms with van der Waals surface area (Å²) in [6, 6.07) is 14.0. The molecule has 0 saturated carbocycles. The van der Waals surface area contributed by atoms with E-state index in [9.17, 15) is 9.59 Å². The molecule has 2 aromatic carbocycles. The molecule has 30 heavy (non-hydrogen) atoms. The van der Waals surface area contributed by atoms with Gasteiger partial charge in [-0.3, -0.25) is 9.59 Å². The fourth-order valence-electron chi connectivity index (χ4n) is 4.08. The highest BCUT2D eigenvalue weighted by Crippen LogP contribution is 2.25. The number of hydrazone groups is 1. The first kappa shape index (κ1) is 20.1. The van der Waals surface area contributed by atoms with Gasteiger partial charge in [-0.25, -0.2) is 5.01 Å². The molecular weight excluding hydrogens is 376 g/mol. The molecule has 0 spiro atoms. The summed E-state index contributed by atoms with van der Waals surface area (Å²) in [6.45, 7) is 9.15. The summed E-state index contributed by atoms with van der Waals surface area (Å²) < 4.78 is 0. The average molecular weight is 405 g/mol. The van der Waals surface area contributed by atoms with Gasteiger partial charge in [0, 0.05) is 44.7 Å². The van der Waals surface area contributed by atoms with Crippen molar-refractivity contribution >= 4 is 28.9 Å². The molecule has 2 aliphatic rings. The van der Waals surface area contributed by atoms with E-state index in [-0.39, 0.29) is 11.8 Å². The van der Waals surface area contributed by atoms with Gasteiger partial charge in [-0.1, -0.05) is 24.3 Å². The van der Waals surface area contributed by atoms with E-state index in [0.29, 0.717) is 37.3 Å². The minimum absolute atomic E-state index is 0.0548. The Morgan fingerprint density at radius 1 is 0.933 bits per heavy atom. The van der Waals surface area contributed by atoms with Gasteiger partial charge in [-0.2, -0.15) is 5.10 Å². The van der Waals surface area contributed by atoms with Crippen molar-refractivity contribution in [3.63, 3.8) is 0 Å². The van der Waals surface area contributed by atoms with E-state index in [2.05, 4.69) is 42.0 Å². The molecule has 4 rings (SSSR count). The summed E-state index contributed by atoms with van der Waals surface area (Å²) >= 11 is 0. The number of piperazine rings is 1. The maximum Gasteiger partial charge on any atom is 0.270 e. The Bertz CT molecular complexity index is 1010. The Morgan fingerprint density at radius 2 is 1.67 bits per heavy atom. The maximum absolute atomic E-state index is 13.1. The minimum Gasteiger partial charge on any atom is -0.368 e. The smallest absolute Gasteiger partial charge is 0.270 e. The van der Waals surface area contributed by atoms with Crippen molar-refractivity contribution in [2.75, 3.05) is 36.1 Å². The van der Waals surface area contributed by atoms with Crippen LogP contribution in [0.25, 0.3) is 0 Å². The predicted octanol–water partition coefficient (Wildman–Crippen LogP) is 3.44. The average Bonchev–Trinajstić information content (AvgIpc) is 2.76. The topological polar surface area (TPSA) is 56.2 Å². The molecule has 0 radical (unpaired) electrons. The third-order valence-electron chi connectivity index (χ3n) is 6.01. The van der Waals surface area contributed by atoms with E-state index in [4.69, 9.17) is 0 Å². The molecule has 2 aliphatic heterocycles. The number of anilines is 2. The summed E-state index contributed by atoms with van der Waals surface area (Å²) in [5, 5.41) is 5.83. The monoisotopic (exact) mass is 404 g/mol. The molecule has 0 aromatic heterocycles. The first-order valence-corrected chi connectivity index (χ1v) is 10.5. The Labute approximate surface area is 177 Å². The summed E-state index contributed by atoms with van der Waals surface area (Å²) in [4.78, 5) is 29.7. The molecule has 2 amide bonds. The van der Waals surface area contributed by atoms with E-state index < -0.39 is 0 Å². The van der Waals surface area contributed by atoms with Crippen LogP contribution >= 0.6 is 0 Å². The van der Waals surface area contributed by atoms with Gasteiger partial charge in [-0.05, 0) is 55.7 Å². The van der Waals surface area contributed by atoms with Crippen LogP contribution in [0.5, 0.6) is 0 Å². The Hall–Kier alpha value is -3.15. The summed E-state index contributed by atoms with van der Waals surface area (Å²) in [5.41, 5.74) is 6.05. The van der Waals surface area contributed by atoms with Gasteiger partial charge >= 0.3 is 0 Å². The van der Waals surface area contributed by atoms with Crippen LogP contribution in [0, 0.1) is 20.8 Å². The van der Waals surface area contributed by atoms with Crippen molar-refractivity contribution in [2.24, 2.45) is 5.10 Å². The zero-order valence-corrected chi connectivity index (χ0v) is 17.9. The molecule has 6 heteroatoms. The molecular formula is C24H28N4O2. The highest BCUT2D eigenvalue weighted by atomic mass is 16.2. The second-order valence-electron chi connectivity index (χ2n) is 8.09. The number of nitrogens with zero attached hydrogens (tertiary/aromatic N) is 4.